The largest absolute Gasteiger partial charge is 0.710 e. The minimum Gasteiger partial charge on any atom is -0.710 e. The van der Waals surface area contributed by atoms with Gasteiger partial charge in [-0.05, 0) is 19.4 Å². The fourth-order valence-electron chi connectivity index (χ4n) is 2.03. The summed E-state index contributed by atoms with van der Waals surface area (Å²) in [5, 5.41) is 15.4. The Kier molecular flexibility index (Phi) is 3.11. The summed E-state index contributed by atoms with van der Waals surface area (Å²) in [5.74, 6) is 0. The molecular weight excluding hydrogens is 210 g/mol. The molecule has 1 aliphatic carbocycles. The van der Waals surface area contributed by atoms with E-state index < -0.39 is 0 Å². The lowest BCUT2D eigenvalue weighted by molar-refractivity contribution is -0.594. The van der Waals surface area contributed by atoms with E-state index in [9.17, 15) is 5.21 Å². The van der Waals surface area contributed by atoms with E-state index in [4.69, 9.17) is 5.73 Å². The van der Waals surface area contributed by atoms with Crippen molar-refractivity contribution < 1.29 is 4.73 Å². The monoisotopic (exact) mass is 227 g/mol. The Morgan fingerprint density at radius 3 is 3.20 bits per heavy atom. The minimum absolute atomic E-state index is 0.385. The molecule has 1 aliphatic rings. The third-order valence-corrected chi connectivity index (χ3v) is 3.86. The fourth-order valence-corrected chi connectivity index (χ4v) is 3.07. The zero-order valence-electron chi connectivity index (χ0n) is 8.95. The number of fused-ring (bicyclic) bond motifs is 1. The van der Waals surface area contributed by atoms with Gasteiger partial charge in [0.25, 0.3) is 0 Å². The minimum atomic E-state index is 0.385. The quantitative estimate of drug-likeness (QED) is 0.593. The predicted octanol–water partition coefficient (Wildman–Crippen LogP) is 0.821. The first-order valence-corrected chi connectivity index (χ1v) is 6.27. The van der Waals surface area contributed by atoms with Gasteiger partial charge in [0, 0.05) is 18.9 Å². The van der Waals surface area contributed by atoms with Crippen molar-refractivity contribution in [1.82, 2.24) is 5.32 Å². The molecule has 0 radical (unpaired) electrons. The maximum atomic E-state index is 11.5. The number of rotatable bonds is 3. The second kappa shape index (κ2) is 4.37. The van der Waals surface area contributed by atoms with Crippen molar-refractivity contribution in [3.63, 3.8) is 0 Å². The highest BCUT2D eigenvalue weighted by Gasteiger charge is 2.25. The van der Waals surface area contributed by atoms with Crippen molar-refractivity contribution >= 4 is 16.5 Å². The van der Waals surface area contributed by atoms with Crippen molar-refractivity contribution in [2.45, 2.75) is 38.6 Å². The summed E-state index contributed by atoms with van der Waals surface area (Å²) >= 11 is 1.44. The van der Waals surface area contributed by atoms with E-state index in [0.717, 1.165) is 42.7 Å². The fraction of sp³-hybridized carbons (Fsp3) is 0.700. The van der Waals surface area contributed by atoms with Crippen molar-refractivity contribution in [1.29, 1.82) is 0 Å². The number of nitrogen functional groups attached to an aromatic ring is 1. The summed E-state index contributed by atoms with van der Waals surface area (Å²) in [6, 6.07) is 0.524. The van der Waals surface area contributed by atoms with Gasteiger partial charge in [-0.15, -0.1) is 0 Å². The van der Waals surface area contributed by atoms with Gasteiger partial charge >= 0.3 is 5.13 Å². The lowest BCUT2D eigenvalue weighted by Gasteiger charge is -2.22. The average Bonchev–Trinajstić information content (AvgIpc) is 2.52. The average molecular weight is 227 g/mol. The summed E-state index contributed by atoms with van der Waals surface area (Å²) in [6.45, 7) is 3.22. The first-order valence-electron chi connectivity index (χ1n) is 5.45. The van der Waals surface area contributed by atoms with Crippen LogP contribution in [-0.2, 0) is 12.8 Å². The Balaban J connectivity index is 2.07. The van der Waals surface area contributed by atoms with Gasteiger partial charge in [-0.25, -0.2) is 4.73 Å². The summed E-state index contributed by atoms with van der Waals surface area (Å²) < 4.78 is 0.899. The molecule has 0 saturated carbocycles. The van der Waals surface area contributed by atoms with Gasteiger partial charge < -0.3 is 10.5 Å². The van der Waals surface area contributed by atoms with Crippen LogP contribution in [0.4, 0.5) is 5.13 Å². The van der Waals surface area contributed by atoms with Gasteiger partial charge in [-0.3, -0.25) is 5.73 Å². The van der Waals surface area contributed by atoms with Crippen LogP contribution in [0.1, 0.15) is 30.3 Å². The molecule has 0 amide bonds. The van der Waals surface area contributed by atoms with Crippen LogP contribution in [0, 0.1) is 5.21 Å². The molecule has 3 N–H and O–H groups in total. The maximum absolute atomic E-state index is 11.5. The van der Waals surface area contributed by atoms with Gasteiger partial charge in [0.1, 0.15) is 5.69 Å². The van der Waals surface area contributed by atoms with Crippen molar-refractivity contribution in [3.05, 3.63) is 15.8 Å². The molecule has 1 aromatic rings. The molecular formula is C10H17N3OS. The Morgan fingerprint density at radius 2 is 2.47 bits per heavy atom. The molecule has 1 aromatic heterocycles. The van der Waals surface area contributed by atoms with E-state index in [1.807, 2.05) is 0 Å². The molecule has 4 nitrogen and oxygen atoms in total. The molecule has 0 spiro atoms. The normalized spacial score (nSPS) is 20.2. The Bertz CT molecular complexity index is 351. The second-order valence-corrected chi connectivity index (χ2v) is 5.11. The third kappa shape index (κ3) is 2.08. The molecule has 0 saturated heterocycles. The zero-order valence-corrected chi connectivity index (χ0v) is 9.77. The highest BCUT2D eigenvalue weighted by Crippen LogP contribution is 2.26. The van der Waals surface area contributed by atoms with Crippen LogP contribution >= 0.6 is 11.3 Å². The zero-order chi connectivity index (χ0) is 10.8. The molecule has 1 atom stereocenters. The summed E-state index contributed by atoms with van der Waals surface area (Å²) in [7, 11) is 0. The number of hydrogen-bond acceptors (Lipinski definition) is 4. The van der Waals surface area contributed by atoms with Gasteiger partial charge in [-0.1, -0.05) is 18.3 Å². The summed E-state index contributed by atoms with van der Waals surface area (Å²) in [5.41, 5.74) is 6.51. The maximum Gasteiger partial charge on any atom is 0.335 e. The summed E-state index contributed by atoms with van der Waals surface area (Å²) in [6.07, 6.45) is 4.01. The molecule has 5 heteroatoms. The van der Waals surface area contributed by atoms with Gasteiger partial charge in [0.15, 0.2) is 0 Å². The Hall–Kier alpha value is -0.810. The number of hydrogen-bond donors (Lipinski definition) is 2. The van der Waals surface area contributed by atoms with E-state index in [2.05, 4.69) is 12.2 Å². The number of nitrogens with two attached hydrogens (primary N) is 1. The Morgan fingerprint density at radius 1 is 1.67 bits per heavy atom. The topological polar surface area (TPSA) is 65.0 Å². The molecule has 1 unspecified atom stereocenters. The van der Waals surface area contributed by atoms with Crippen LogP contribution in [0.15, 0.2) is 0 Å². The standard InChI is InChI=1S/C10H17N3OS/c1-2-5-12-7-3-4-8-9(6-7)15-10(11)13(8)14/h7,12H,2-6,11H2,1H3. The molecule has 1 heterocycles. The lowest BCUT2D eigenvalue weighted by atomic mass is 9.97. The van der Waals surface area contributed by atoms with Crippen molar-refractivity contribution in [2.75, 3.05) is 12.3 Å². The molecule has 84 valence electrons. The first-order chi connectivity index (χ1) is 7.22. The van der Waals surface area contributed by atoms with Crippen molar-refractivity contribution in [3.8, 4) is 0 Å². The molecule has 0 fully saturated rings. The van der Waals surface area contributed by atoms with Crippen LogP contribution in [0.3, 0.4) is 0 Å². The number of nitrogens with one attached hydrogen (secondary N) is 1. The smallest absolute Gasteiger partial charge is 0.335 e. The van der Waals surface area contributed by atoms with E-state index in [1.165, 1.54) is 16.2 Å². The van der Waals surface area contributed by atoms with E-state index >= 15 is 0 Å². The van der Waals surface area contributed by atoms with Crippen LogP contribution in [0.2, 0.25) is 0 Å². The Labute approximate surface area is 93.7 Å². The van der Waals surface area contributed by atoms with Crippen LogP contribution in [0.25, 0.3) is 0 Å². The van der Waals surface area contributed by atoms with Gasteiger partial charge in [0.05, 0.1) is 4.88 Å². The van der Waals surface area contributed by atoms with E-state index in [0.29, 0.717) is 11.2 Å². The molecule has 0 aliphatic heterocycles. The predicted molar refractivity (Wildman–Crippen MR) is 61.8 cm³/mol. The highest BCUT2D eigenvalue weighted by atomic mass is 32.1. The number of anilines is 1. The van der Waals surface area contributed by atoms with E-state index in [1.54, 1.807) is 0 Å². The number of nitrogens with zero attached hydrogens (tertiary/aromatic N) is 1. The lowest BCUT2D eigenvalue weighted by Crippen LogP contribution is -2.39. The molecule has 2 rings (SSSR count). The number of aromatic nitrogens is 1. The van der Waals surface area contributed by atoms with Gasteiger partial charge in [-0.2, -0.15) is 0 Å². The van der Waals surface area contributed by atoms with Crippen LogP contribution in [-0.4, -0.2) is 12.6 Å². The van der Waals surface area contributed by atoms with Crippen LogP contribution in [0.5, 0.6) is 0 Å². The SMILES string of the molecule is CCCNC1CCc2c(sc(N)[n+]2[O-])C1. The van der Waals surface area contributed by atoms with Gasteiger partial charge in [0.2, 0.25) is 0 Å². The molecule has 0 bridgehead atoms. The highest BCUT2D eigenvalue weighted by molar-refractivity contribution is 7.15. The van der Waals surface area contributed by atoms with Crippen LogP contribution < -0.4 is 15.8 Å². The third-order valence-electron chi connectivity index (χ3n) is 2.84. The number of thiazole rings is 1. The summed E-state index contributed by atoms with van der Waals surface area (Å²) in [4.78, 5) is 1.17. The van der Waals surface area contributed by atoms with E-state index in [-0.39, 0.29) is 0 Å². The van der Waals surface area contributed by atoms with Crippen molar-refractivity contribution in [2.24, 2.45) is 0 Å². The molecule has 0 aromatic carbocycles. The first kappa shape index (κ1) is 10.7. The second-order valence-electron chi connectivity index (χ2n) is 4.00. The molecule has 15 heavy (non-hydrogen) atoms.